The van der Waals surface area contributed by atoms with Crippen molar-refractivity contribution in [1.82, 2.24) is 9.62 Å². The highest BCUT2D eigenvalue weighted by Crippen LogP contribution is 2.28. The fourth-order valence-electron chi connectivity index (χ4n) is 2.23. The van der Waals surface area contributed by atoms with E-state index in [1.807, 2.05) is 13.8 Å². The number of nitrogens with one attached hydrogen (secondary N) is 1. The largest absolute Gasteiger partial charge is 0.465 e. The monoisotopic (exact) mass is 302 g/mol. The average molecular weight is 302 g/mol. The molecule has 0 aliphatic heterocycles. The van der Waals surface area contributed by atoms with Crippen molar-refractivity contribution in [3.63, 3.8) is 0 Å². The summed E-state index contributed by atoms with van der Waals surface area (Å²) in [7, 11) is -1.86. The van der Waals surface area contributed by atoms with Crippen molar-refractivity contribution in [2.24, 2.45) is 0 Å². The summed E-state index contributed by atoms with van der Waals surface area (Å²) in [5, 5.41) is 3.25. The lowest BCUT2D eigenvalue weighted by Crippen LogP contribution is -2.29. The van der Waals surface area contributed by atoms with Crippen LogP contribution in [0.3, 0.4) is 0 Å². The highest BCUT2D eigenvalue weighted by molar-refractivity contribution is 7.89. The highest BCUT2D eigenvalue weighted by Gasteiger charge is 2.29. The number of aryl methyl sites for hydroxylation is 2. The summed E-state index contributed by atoms with van der Waals surface area (Å²) in [5.41, 5.74) is 0.749. The van der Waals surface area contributed by atoms with E-state index < -0.39 is 10.0 Å². The molecular weight excluding hydrogens is 276 g/mol. The molecule has 0 aliphatic carbocycles. The average Bonchev–Trinajstić information content (AvgIpc) is 2.65. The maximum Gasteiger partial charge on any atom is 0.246 e. The Bertz CT molecular complexity index is 535. The van der Waals surface area contributed by atoms with Gasteiger partial charge in [-0.15, -0.1) is 0 Å². The van der Waals surface area contributed by atoms with Gasteiger partial charge in [-0.2, -0.15) is 0 Å². The van der Waals surface area contributed by atoms with Crippen molar-refractivity contribution in [3.8, 4) is 0 Å². The number of hydrogen-bond donors (Lipinski definition) is 1. The molecule has 1 aromatic rings. The third-order valence-electron chi connectivity index (χ3n) is 3.26. The summed E-state index contributed by atoms with van der Waals surface area (Å²) >= 11 is 0. The molecule has 1 N–H and O–H groups in total. The second kappa shape index (κ2) is 7.24. The Morgan fingerprint density at radius 2 is 1.80 bits per heavy atom. The molecule has 1 heterocycles. The van der Waals surface area contributed by atoms with E-state index in [0.29, 0.717) is 29.5 Å². The molecule has 0 fully saturated rings. The van der Waals surface area contributed by atoms with Gasteiger partial charge in [0.2, 0.25) is 10.0 Å². The van der Waals surface area contributed by atoms with Gasteiger partial charge in [-0.05, 0) is 33.2 Å². The Balaban J connectivity index is 3.16. The van der Waals surface area contributed by atoms with Crippen molar-refractivity contribution < 1.29 is 12.8 Å². The van der Waals surface area contributed by atoms with Crippen molar-refractivity contribution in [3.05, 3.63) is 17.1 Å². The third-order valence-corrected chi connectivity index (χ3v) is 5.31. The molecule has 1 rings (SSSR count). The van der Waals surface area contributed by atoms with Gasteiger partial charge in [0.1, 0.15) is 16.4 Å². The summed E-state index contributed by atoms with van der Waals surface area (Å²) in [6.45, 7) is 9.45. The zero-order chi connectivity index (χ0) is 15.3. The van der Waals surface area contributed by atoms with Crippen LogP contribution in [-0.2, 0) is 16.6 Å². The normalized spacial score (nSPS) is 12.3. The van der Waals surface area contributed by atoms with Gasteiger partial charge in [0.05, 0.1) is 0 Å². The zero-order valence-electron chi connectivity index (χ0n) is 13.1. The maximum atomic E-state index is 12.6. The van der Waals surface area contributed by atoms with Crippen molar-refractivity contribution >= 4 is 10.0 Å². The maximum absolute atomic E-state index is 12.6. The lowest BCUT2D eigenvalue weighted by molar-refractivity contribution is 0.461. The van der Waals surface area contributed by atoms with Crippen molar-refractivity contribution in [1.29, 1.82) is 0 Å². The van der Waals surface area contributed by atoms with E-state index in [2.05, 4.69) is 12.2 Å². The second-order valence-corrected chi connectivity index (χ2v) is 7.01. The molecule has 0 aliphatic rings. The van der Waals surface area contributed by atoms with Crippen molar-refractivity contribution in [2.45, 2.75) is 52.0 Å². The van der Waals surface area contributed by atoms with E-state index in [-0.39, 0.29) is 0 Å². The first kappa shape index (κ1) is 17.2. The molecule has 0 amide bonds. The predicted octanol–water partition coefficient (Wildman–Crippen LogP) is 2.43. The van der Waals surface area contributed by atoms with Gasteiger partial charge in [0.25, 0.3) is 0 Å². The second-order valence-electron chi connectivity index (χ2n) is 5.03. The first-order chi connectivity index (χ1) is 9.36. The van der Waals surface area contributed by atoms with Crippen LogP contribution in [-0.4, -0.2) is 32.9 Å². The summed E-state index contributed by atoms with van der Waals surface area (Å²) in [6, 6.07) is 0. The number of rotatable bonds is 8. The van der Waals surface area contributed by atoms with Crippen LogP contribution in [0.25, 0.3) is 0 Å². The third kappa shape index (κ3) is 3.62. The van der Waals surface area contributed by atoms with Gasteiger partial charge >= 0.3 is 0 Å². The number of nitrogens with zero attached hydrogens (tertiary/aromatic N) is 1. The molecule has 1 aromatic heterocycles. The first-order valence-corrected chi connectivity index (χ1v) is 8.56. The molecule has 116 valence electrons. The molecule has 6 heteroatoms. The standard InChI is InChI=1S/C14H26N2O3S/c1-6-8-15-10-13-11(3)19-12(4)14(13)20(17,18)16(5)9-7-2/h15H,6-10H2,1-5H3. The zero-order valence-corrected chi connectivity index (χ0v) is 13.9. The Hall–Kier alpha value is -0.850. The molecule has 20 heavy (non-hydrogen) atoms. The van der Waals surface area contributed by atoms with E-state index in [9.17, 15) is 8.42 Å². The number of hydrogen-bond acceptors (Lipinski definition) is 4. The first-order valence-electron chi connectivity index (χ1n) is 7.12. The molecule has 0 saturated heterocycles. The molecule has 0 bridgehead atoms. The number of sulfonamides is 1. The quantitative estimate of drug-likeness (QED) is 0.749. The van der Waals surface area contributed by atoms with Crippen LogP contribution >= 0.6 is 0 Å². The lowest BCUT2D eigenvalue weighted by Gasteiger charge is -2.17. The van der Waals surface area contributed by atoms with Crippen LogP contribution in [0.1, 0.15) is 43.8 Å². The Morgan fingerprint density at radius 3 is 2.35 bits per heavy atom. The SMILES string of the molecule is CCCNCc1c(C)oc(C)c1S(=O)(=O)N(C)CCC. The van der Waals surface area contributed by atoms with Gasteiger partial charge in [0, 0.05) is 25.7 Å². The molecular formula is C14H26N2O3S. The fraction of sp³-hybridized carbons (Fsp3) is 0.714. The van der Waals surface area contributed by atoms with Crippen LogP contribution in [0.2, 0.25) is 0 Å². The summed E-state index contributed by atoms with van der Waals surface area (Å²) in [5.74, 6) is 1.15. The van der Waals surface area contributed by atoms with Crippen molar-refractivity contribution in [2.75, 3.05) is 20.1 Å². The summed E-state index contributed by atoms with van der Waals surface area (Å²) in [4.78, 5) is 0.328. The highest BCUT2D eigenvalue weighted by atomic mass is 32.2. The van der Waals surface area contributed by atoms with Crippen LogP contribution in [0.15, 0.2) is 9.31 Å². The van der Waals surface area contributed by atoms with E-state index in [1.54, 1.807) is 14.0 Å². The van der Waals surface area contributed by atoms with E-state index in [4.69, 9.17) is 4.42 Å². The Morgan fingerprint density at radius 1 is 1.15 bits per heavy atom. The van der Waals surface area contributed by atoms with Gasteiger partial charge in [-0.1, -0.05) is 13.8 Å². The minimum absolute atomic E-state index is 0.328. The lowest BCUT2D eigenvalue weighted by atomic mass is 10.2. The molecule has 0 aromatic carbocycles. The van der Waals surface area contributed by atoms with Gasteiger partial charge < -0.3 is 9.73 Å². The van der Waals surface area contributed by atoms with E-state index in [1.165, 1.54) is 4.31 Å². The van der Waals surface area contributed by atoms with Crippen LogP contribution in [0.5, 0.6) is 0 Å². The molecule has 0 spiro atoms. The van der Waals surface area contributed by atoms with Gasteiger partial charge in [-0.3, -0.25) is 0 Å². The summed E-state index contributed by atoms with van der Waals surface area (Å²) < 4.78 is 32.2. The smallest absolute Gasteiger partial charge is 0.246 e. The van der Waals surface area contributed by atoms with Gasteiger partial charge in [-0.25, -0.2) is 12.7 Å². The molecule has 0 unspecified atom stereocenters. The molecule has 0 radical (unpaired) electrons. The fourth-order valence-corrected chi connectivity index (χ4v) is 3.90. The molecule has 0 atom stereocenters. The van der Waals surface area contributed by atoms with Crippen LogP contribution < -0.4 is 5.32 Å². The van der Waals surface area contributed by atoms with Crippen LogP contribution in [0, 0.1) is 13.8 Å². The van der Waals surface area contributed by atoms with Crippen LogP contribution in [0.4, 0.5) is 0 Å². The molecule has 5 nitrogen and oxygen atoms in total. The number of furan rings is 1. The Kier molecular flexibility index (Phi) is 6.23. The van der Waals surface area contributed by atoms with Gasteiger partial charge in [0.15, 0.2) is 0 Å². The topological polar surface area (TPSA) is 62.6 Å². The van der Waals surface area contributed by atoms with E-state index >= 15 is 0 Å². The van der Waals surface area contributed by atoms with E-state index in [0.717, 1.165) is 24.9 Å². The summed E-state index contributed by atoms with van der Waals surface area (Å²) in [6.07, 6.45) is 1.79. The molecule has 0 saturated carbocycles. The minimum atomic E-state index is -3.48. The predicted molar refractivity (Wildman–Crippen MR) is 80.3 cm³/mol. The Labute approximate surface area is 122 Å². The minimum Gasteiger partial charge on any atom is -0.465 e.